The van der Waals surface area contributed by atoms with E-state index in [2.05, 4.69) is 0 Å². The molecule has 0 bridgehead atoms. The third-order valence-electron chi connectivity index (χ3n) is 3.32. The van der Waals surface area contributed by atoms with Crippen LogP contribution < -0.4 is 9.47 Å². The Kier molecular flexibility index (Phi) is 5.23. The molecule has 2 rings (SSSR count). The predicted octanol–water partition coefficient (Wildman–Crippen LogP) is 3.81. The summed E-state index contributed by atoms with van der Waals surface area (Å²) in [7, 11) is 0. The van der Waals surface area contributed by atoms with Crippen molar-refractivity contribution in [2.45, 2.75) is 26.9 Å². The second kappa shape index (κ2) is 7.14. The zero-order chi connectivity index (χ0) is 15.2. The number of hydrogen-bond donors (Lipinski definition) is 1. The topological polar surface area (TPSA) is 38.7 Å². The van der Waals surface area contributed by atoms with Crippen molar-refractivity contribution in [2.24, 2.45) is 0 Å². The summed E-state index contributed by atoms with van der Waals surface area (Å²) in [5.74, 6) is 1.51. The Morgan fingerprint density at radius 1 is 1.00 bits per heavy atom. The first-order chi connectivity index (χ1) is 10.1. The van der Waals surface area contributed by atoms with E-state index in [0.29, 0.717) is 12.4 Å². The molecule has 2 aromatic rings. The van der Waals surface area contributed by atoms with E-state index in [-0.39, 0.29) is 6.61 Å². The van der Waals surface area contributed by atoms with Crippen molar-refractivity contribution in [3.63, 3.8) is 0 Å². The lowest BCUT2D eigenvalue weighted by Crippen LogP contribution is -2.12. The van der Waals surface area contributed by atoms with Crippen LogP contribution in [0, 0.1) is 13.8 Å². The van der Waals surface area contributed by atoms with Crippen LogP contribution in [0.3, 0.4) is 0 Å². The van der Waals surface area contributed by atoms with Gasteiger partial charge in [0, 0.05) is 5.56 Å². The summed E-state index contributed by atoms with van der Waals surface area (Å²) in [4.78, 5) is 0. The first-order valence-corrected chi connectivity index (χ1v) is 7.21. The van der Waals surface area contributed by atoms with Crippen LogP contribution >= 0.6 is 0 Å². The fourth-order valence-electron chi connectivity index (χ4n) is 2.16. The number of benzene rings is 2. The average molecular weight is 286 g/mol. The Bertz CT molecular complexity index is 593. The predicted molar refractivity (Wildman–Crippen MR) is 84.0 cm³/mol. The molecule has 3 heteroatoms. The first kappa shape index (κ1) is 15.4. The number of aliphatic hydroxyl groups excluding tert-OH is 1. The fraction of sp³-hybridized carbons (Fsp3) is 0.333. The fourth-order valence-corrected chi connectivity index (χ4v) is 2.16. The molecular formula is C18H22O3. The van der Waals surface area contributed by atoms with E-state index in [9.17, 15) is 5.11 Å². The van der Waals surface area contributed by atoms with Crippen LogP contribution in [-0.2, 0) is 0 Å². The molecule has 1 atom stereocenters. The molecule has 0 aliphatic carbocycles. The van der Waals surface area contributed by atoms with Gasteiger partial charge >= 0.3 is 0 Å². The van der Waals surface area contributed by atoms with Gasteiger partial charge in [0.05, 0.1) is 6.61 Å². The molecule has 0 radical (unpaired) electrons. The van der Waals surface area contributed by atoms with E-state index >= 15 is 0 Å². The lowest BCUT2D eigenvalue weighted by atomic mass is 10.1. The minimum atomic E-state index is -0.715. The van der Waals surface area contributed by atoms with Gasteiger partial charge in [0.2, 0.25) is 0 Å². The van der Waals surface area contributed by atoms with E-state index in [4.69, 9.17) is 9.47 Å². The van der Waals surface area contributed by atoms with Gasteiger partial charge in [-0.25, -0.2) is 0 Å². The highest BCUT2D eigenvalue weighted by atomic mass is 16.5. The molecule has 0 saturated heterocycles. The number of ether oxygens (including phenoxy) is 2. The third kappa shape index (κ3) is 3.99. The molecule has 0 spiro atoms. The number of aliphatic hydroxyl groups is 1. The van der Waals surface area contributed by atoms with Crippen LogP contribution in [-0.4, -0.2) is 18.3 Å². The van der Waals surface area contributed by atoms with E-state index in [1.54, 1.807) is 0 Å². The van der Waals surface area contributed by atoms with Gasteiger partial charge in [-0.05, 0) is 44.0 Å². The van der Waals surface area contributed by atoms with Crippen LogP contribution in [0.2, 0.25) is 0 Å². The lowest BCUT2D eigenvalue weighted by Gasteiger charge is -2.17. The summed E-state index contributed by atoms with van der Waals surface area (Å²) in [5.41, 5.74) is 2.95. The highest BCUT2D eigenvalue weighted by molar-refractivity contribution is 5.37. The molecule has 0 aliphatic heterocycles. The van der Waals surface area contributed by atoms with E-state index < -0.39 is 6.10 Å². The maximum absolute atomic E-state index is 10.3. The summed E-state index contributed by atoms with van der Waals surface area (Å²) < 4.78 is 11.3. The highest BCUT2D eigenvalue weighted by Gasteiger charge is 2.14. The van der Waals surface area contributed by atoms with Crippen molar-refractivity contribution in [1.29, 1.82) is 0 Å². The summed E-state index contributed by atoms with van der Waals surface area (Å²) in [6.45, 7) is 6.72. The molecule has 0 fully saturated rings. The SMILES string of the molecule is CCOc1ccccc1C(O)COc1cc(C)ccc1C. The summed E-state index contributed by atoms with van der Waals surface area (Å²) in [6.07, 6.45) is -0.715. The molecule has 3 nitrogen and oxygen atoms in total. The monoisotopic (exact) mass is 286 g/mol. The largest absolute Gasteiger partial charge is 0.493 e. The molecule has 0 aromatic heterocycles. The third-order valence-corrected chi connectivity index (χ3v) is 3.32. The van der Waals surface area contributed by atoms with Crippen LogP contribution in [0.15, 0.2) is 42.5 Å². The molecule has 0 heterocycles. The van der Waals surface area contributed by atoms with E-state index in [0.717, 1.165) is 22.4 Å². The Hall–Kier alpha value is -2.00. The smallest absolute Gasteiger partial charge is 0.125 e. The summed E-state index contributed by atoms with van der Waals surface area (Å²) in [6, 6.07) is 13.6. The van der Waals surface area contributed by atoms with Crippen LogP contribution in [0.4, 0.5) is 0 Å². The van der Waals surface area contributed by atoms with Gasteiger partial charge in [-0.15, -0.1) is 0 Å². The maximum Gasteiger partial charge on any atom is 0.125 e. The molecule has 2 aromatic carbocycles. The number of para-hydroxylation sites is 1. The Balaban J connectivity index is 2.08. The quantitative estimate of drug-likeness (QED) is 0.877. The molecule has 1 unspecified atom stereocenters. The Morgan fingerprint density at radius 2 is 1.76 bits per heavy atom. The minimum Gasteiger partial charge on any atom is -0.493 e. The normalized spacial score (nSPS) is 12.0. The standard InChI is InChI=1S/C18H22O3/c1-4-20-17-8-6-5-7-15(17)16(19)12-21-18-11-13(2)9-10-14(18)3/h5-11,16,19H,4,12H2,1-3H3. The first-order valence-electron chi connectivity index (χ1n) is 7.21. The van der Waals surface area contributed by atoms with Crippen molar-refractivity contribution < 1.29 is 14.6 Å². The second-order valence-electron chi connectivity index (χ2n) is 5.07. The zero-order valence-corrected chi connectivity index (χ0v) is 12.8. The van der Waals surface area contributed by atoms with E-state index in [1.165, 1.54) is 0 Å². The van der Waals surface area contributed by atoms with Gasteiger partial charge in [0.25, 0.3) is 0 Å². The van der Waals surface area contributed by atoms with Gasteiger partial charge < -0.3 is 14.6 Å². The lowest BCUT2D eigenvalue weighted by molar-refractivity contribution is 0.104. The molecule has 21 heavy (non-hydrogen) atoms. The average Bonchev–Trinajstić information content (AvgIpc) is 2.49. The Labute approximate surface area is 126 Å². The minimum absolute atomic E-state index is 0.203. The molecule has 1 N–H and O–H groups in total. The van der Waals surface area contributed by atoms with Gasteiger partial charge in [-0.3, -0.25) is 0 Å². The molecule has 0 aliphatic rings. The maximum atomic E-state index is 10.3. The number of aryl methyl sites for hydroxylation is 2. The zero-order valence-electron chi connectivity index (χ0n) is 12.8. The van der Waals surface area contributed by atoms with Crippen molar-refractivity contribution >= 4 is 0 Å². The Morgan fingerprint density at radius 3 is 2.52 bits per heavy atom. The molecule has 0 saturated carbocycles. The van der Waals surface area contributed by atoms with Crippen molar-refractivity contribution in [1.82, 2.24) is 0 Å². The highest BCUT2D eigenvalue weighted by Crippen LogP contribution is 2.27. The van der Waals surface area contributed by atoms with Gasteiger partial charge in [-0.1, -0.05) is 30.3 Å². The summed E-state index contributed by atoms with van der Waals surface area (Å²) >= 11 is 0. The van der Waals surface area contributed by atoms with E-state index in [1.807, 2.05) is 63.2 Å². The van der Waals surface area contributed by atoms with Crippen molar-refractivity contribution in [3.05, 3.63) is 59.2 Å². The molecule has 0 amide bonds. The van der Waals surface area contributed by atoms with Crippen molar-refractivity contribution in [2.75, 3.05) is 13.2 Å². The second-order valence-corrected chi connectivity index (χ2v) is 5.07. The van der Waals surface area contributed by atoms with Crippen molar-refractivity contribution in [3.8, 4) is 11.5 Å². The number of rotatable bonds is 6. The molecule has 112 valence electrons. The van der Waals surface area contributed by atoms with Gasteiger partial charge in [0.15, 0.2) is 0 Å². The van der Waals surface area contributed by atoms with Crippen LogP contribution in [0.25, 0.3) is 0 Å². The van der Waals surface area contributed by atoms with Gasteiger partial charge in [-0.2, -0.15) is 0 Å². The molecular weight excluding hydrogens is 264 g/mol. The summed E-state index contributed by atoms with van der Waals surface area (Å²) in [5, 5.41) is 10.3. The van der Waals surface area contributed by atoms with Gasteiger partial charge in [0.1, 0.15) is 24.2 Å². The number of hydrogen-bond acceptors (Lipinski definition) is 3. The van der Waals surface area contributed by atoms with Crippen LogP contribution in [0.1, 0.15) is 29.7 Å². The van der Waals surface area contributed by atoms with Crippen LogP contribution in [0.5, 0.6) is 11.5 Å².